The van der Waals surface area contributed by atoms with Gasteiger partial charge in [-0.2, -0.15) is 5.26 Å². The maximum Gasteiger partial charge on any atom is 0.120 e. The van der Waals surface area contributed by atoms with Gasteiger partial charge in [0.15, 0.2) is 0 Å². The maximum atomic E-state index is 8.94. The highest BCUT2D eigenvalue weighted by molar-refractivity contribution is 5.34. The number of nitrogens with zero attached hydrogens (tertiary/aromatic N) is 2. The van der Waals surface area contributed by atoms with E-state index in [1.807, 2.05) is 24.6 Å². The first kappa shape index (κ1) is 13.8. The predicted octanol–water partition coefficient (Wildman–Crippen LogP) is 1.72. The minimum Gasteiger partial charge on any atom is -0.385 e. The number of hydrogen-bond donors (Lipinski definition) is 1. The van der Waals surface area contributed by atoms with E-state index in [1.54, 1.807) is 7.11 Å². The van der Waals surface area contributed by atoms with Crippen molar-refractivity contribution in [1.82, 2.24) is 9.88 Å². The molecule has 0 radical (unpaired) electrons. The fourth-order valence-electron chi connectivity index (χ4n) is 1.73. The summed E-state index contributed by atoms with van der Waals surface area (Å²) in [7, 11) is 3.64. The summed E-state index contributed by atoms with van der Waals surface area (Å²) in [5, 5.41) is 12.4. The molecule has 1 rings (SSSR count). The number of hydrogen-bond acceptors (Lipinski definition) is 3. The molecule has 0 saturated heterocycles. The van der Waals surface area contributed by atoms with Gasteiger partial charge < -0.3 is 14.6 Å². The van der Waals surface area contributed by atoms with Gasteiger partial charge in [0.2, 0.25) is 0 Å². The Bertz CT molecular complexity index is 404. The molecule has 0 fully saturated rings. The molecule has 1 aromatic heterocycles. The Morgan fingerprint density at radius 1 is 1.59 bits per heavy atom. The summed E-state index contributed by atoms with van der Waals surface area (Å²) in [4.78, 5) is 0. The van der Waals surface area contributed by atoms with Gasteiger partial charge in [-0.25, -0.2) is 0 Å². The van der Waals surface area contributed by atoms with E-state index in [2.05, 4.69) is 18.3 Å². The molecule has 0 aliphatic rings. The minimum absolute atomic E-state index is 0.417. The van der Waals surface area contributed by atoms with E-state index in [0.717, 1.165) is 25.3 Å². The SMILES string of the molecule is COCCC(C)NCc1cc(C#N)n(C)c1C. The first-order valence-corrected chi connectivity index (χ1v) is 5.87. The summed E-state index contributed by atoms with van der Waals surface area (Å²) >= 11 is 0. The van der Waals surface area contributed by atoms with Crippen LogP contribution < -0.4 is 5.32 Å². The average molecular weight is 235 g/mol. The highest BCUT2D eigenvalue weighted by Gasteiger charge is 2.09. The molecule has 1 aromatic rings. The van der Waals surface area contributed by atoms with Gasteiger partial charge in [0, 0.05) is 39.0 Å². The van der Waals surface area contributed by atoms with Crippen LogP contribution in [0.3, 0.4) is 0 Å². The van der Waals surface area contributed by atoms with Crippen molar-refractivity contribution in [2.45, 2.75) is 32.9 Å². The summed E-state index contributed by atoms with van der Waals surface area (Å²) in [5.41, 5.74) is 3.05. The molecule has 1 N–H and O–H groups in total. The lowest BCUT2D eigenvalue weighted by Crippen LogP contribution is -2.26. The van der Waals surface area contributed by atoms with Crippen LogP contribution >= 0.6 is 0 Å². The van der Waals surface area contributed by atoms with Crippen LogP contribution in [0.15, 0.2) is 6.07 Å². The van der Waals surface area contributed by atoms with Crippen molar-refractivity contribution in [2.75, 3.05) is 13.7 Å². The number of methoxy groups -OCH3 is 1. The fourth-order valence-corrected chi connectivity index (χ4v) is 1.73. The van der Waals surface area contributed by atoms with E-state index < -0.39 is 0 Å². The zero-order valence-corrected chi connectivity index (χ0v) is 11.1. The monoisotopic (exact) mass is 235 g/mol. The molecule has 0 aromatic carbocycles. The van der Waals surface area contributed by atoms with E-state index in [1.165, 1.54) is 5.56 Å². The van der Waals surface area contributed by atoms with Gasteiger partial charge in [0.1, 0.15) is 11.8 Å². The molecule has 1 atom stereocenters. The number of ether oxygens (including phenoxy) is 1. The van der Waals surface area contributed by atoms with Crippen molar-refractivity contribution >= 4 is 0 Å². The van der Waals surface area contributed by atoms with E-state index in [9.17, 15) is 0 Å². The third kappa shape index (κ3) is 3.58. The number of aromatic nitrogens is 1. The van der Waals surface area contributed by atoms with Crippen LogP contribution in [0.2, 0.25) is 0 Å². The molecule has 0 spiro atoms. The summed E-state index contributed by atoms with van der Waals surface area (Å²) < 4.78 is 6.97. The Kier molecular flexibility index (Phi) is 5.20. The van der Waals surface area contributed by atoms with Gasteiger partial charge >= 0.3 is 0 Å². The lowest BCUT2D eigenvalue weighted by Gasteiger charge is -2.13. The van der Waals surface area contributed by atoms with Gasteiger partial charge in [0.25, 0.3) is 0 Å². The van der Waals surface area contributed by atoms with Gasteiger partial charge in [-0.1, -0.05) is 0 Å². The first-order valence-electron chi connectivity index (χ1n) is 5.87. The van der Waals surface area contributed by atoms with Crippen LogP contribution in [-0.4, -0.2) is 24.3 Å². The van der Waals surface area contributed by atoms with Crippen LogP contribution in [0.4, 0.5) is 0 Å². The molecule has 0 aliphatic carbocycles. The van der Waals surface area contributed by atoms with Crippen molar-refractivity contribution in [2.24, 2.45) is 7.05 Å². The summed E-state index contributed by atoms with van der Waals surface area (Å²) in [6.07, 6.45) is 0.994. The Morgan fingerprint density at radius 3 is 2.82 bits per heavy atom. The Labute approximate surface area is 103 Å². The van der Waals surface area contributed by atoms with Gasteiger partial charge in [-0.15, -0.1) is 0 Å². The van der Waals surface area contributed by atoms with Crippen LogP contribution in [0.1, 0.15) is 30.3 Å². The molecular weight excluding hydrogens is 214 g/mol. The van der Waals surface area contributed by atoms with Crippen LogP contribution in [0, 0.1) is 18.3 Å². The van der Waals surface area contributed by atoms with Gasteiger partial charge in [0.05, 0.1) is 0 Å². The second kappa shape index (κ2) is 6.43. The van der Waals surface area contributed by atoms with Crippen molar-refractivity contribution < 1.29 is 4.74 Å². The second-order valence-corrected chi connectivity index (χ2v) is 4.37. The molecule has 94 valence electrons. The molecule has 1 heterocycles. The highest BCUT2D eigenvalue weighted by Crippen LogP contribution is 2.13. The Hall–Kier alpha value is -1.31. The number of nitrogens with one attached hydrogen (secondary N) is 1. The molecule has 0 aliphatic heterocycles. The zero-order chi connectivity index (χ0) is 12.8. The smallest absolute Gasteiger partial charge is 0.120 e. The quantitative estimate of drug-likeness (QED) is 0.816. The lowest BCUT2D eigenvalue weighted by atomic mass is 10.2. The van der Waals surface area contributed by atoms with Crippen molar-refractivity contribution in [3.63, 3.8) is 0 Å². The number of nitriles is 1. The number of rotatable bonds is 6. The van der Waals surface area contributed by atoms with Crippen molar-refractivity contribution in [3.05, 3.63) is 23.0 Å². The Morgan fingerprint density at radius 2 is 2.29 bits per heavy atom. The zero-order valence-electron chi connectivity index (χ0n) is 11.1. The third-order valence-electron chi connectivity index (χ3n) is 3.15. The van der Waals surface area contributed by atoms with E-state index >= 15 is 0 Å². The fraction of sp³-hybridized carbons (Fsp3) is 0.615. The van der Waals surface area contributed by atoms with Gasteiger partial charge in [-0.05, 0) is 31.9 Å². The van der Waals surface area contributed by atoms with E-state index in [-0.39, 0.29) is 0 Å². The lowest BCUT2D eigenvalue weighted by molar-refractivity contribution is 0.184. The van der Waals surface area contributed by atoms with Crippen LogP contribution in [0.5, 0.6) is 0 Å². The van der Waals surface area contributed by atoms with E-state index in [4.69, 9.17) is 10.00 Å². The summed E-state index contributed by atoms with van der Waals surface area (Å²) in [5.74, 6) is 0. The average Bonchev–Trinajstić information content (AvgIpc) is 2.61. The van der Waals surface area contributed by atoms with E-state index in [0.29, 0.717) is 11.7 Å². The van der Waals surface area contributed by atoms with Crippen LogP contribution in [0.25, 0.3) is 0 Å². The summed E-state index contributed by atoms with van der Waals surface area (Å²) in [6.45, 7) is 5.75. The van der Waals surface area contributed by atoms with Crippen molar-refractivity contribution in [1.29, 1.82) is 5.26 Å². The molecule has 0 bridgehead atoms. The van der Waals surface area contributed by atoms with Crippen molar-refractivity contribution in [3.8, 4) is 6.07 Å². The first-order chi connectivity index (χ1) is 8.10. The predicted molar refractivity (Wildman–Crippen MR) is 67.7 cm³/mol. The normalized spacial score (nSPS) is 12.4. The molecular formula is C13H21N3O. The third-order valence-corrected chi connectivity index (χ3v) is 3.15. The molecule has 4 heteroatoms. The molecule has 0 amide bonds. The standard InChI is InChI=1S/C13H21N3O/c1-10(5-6-17-4)15-9-12-7-13(8-14)16(3)11(12)2/h7,10,15H,5-6,9H2,1-4H3. The summed E-state index contributed by atoms with van der Waals surface area (Å²) in [6, 6.07) is 4.56. The topological polar surface area (TPSA) is 50.0 Å². The second-order valence-electron chi connectivity index (χ2n) is 4.37. The molecule has 4 nitrogen and oxygen atoms in total. The maximum absolute atomic E-state index is 8.94. The van der Waals surface area contributed by atoms with Gasteiger partial charge in [-0.3, -0.25) is 0 Å². The Balaban J connectivity index is 2.55. The molecule has 17 heavy (non-hydrogen) atoms. The highest BCUT2D eigenvalue weighted by atomic mass is 16.5. The largest absolute Gasteiger partial charge is 0.385 e. The molecule has 0 saturated carbocycles. The minimum atomic E-state index is 0.417. The molecule has 1 unspecified atom stereocenters. The van der Waals surface area contributed by atoms with Crippen LogP contribution in [-0.2, 0) is 18.3 Å².